The van der Waals surface area contributed by atoms with Gasteiger partial charge in [0.25, 0.3) is 0 Å². The number of rotatable bonds is 4. The summed E-state index contributed by atoms with van der Waals surface area (Å²) in [6.45, 7) is 0.493. The van der Waals surface area contributed by atoms with Crippen LogP contribution in [0.1, 0.15) is 5.56 Å². The molecular formula is C18H15N3O3S. The van der Waals surface area contributed by atoms with E-state index in [9.17, 15) is 8.42 Å². The summed E-state index contributed by atoms with van der Waals surface area (Å²) in [5.41, 5.74) is 3.07. The first-order chi connectivity index (χ1) is 12.0. The van der Waals surface area contributed by atoms with Gasteiger partial charge in [0.15, 0.2) is 21.2 Å². The minimum absolute atomic E-state index is 0.304. The third kappa shape index (κ3) is 2.94. The lowest BCUT2D eigenvalue weighted by Gasteiger charge is -2.06. The van der Waals surface area contributed by atoms with Crippen molar-refractivity contribution in [1.29, 1.82) is 0 Å². The normalized spacial score (nSPS) is 11.9. The molecule has 2 heterocycles. The molecule has 0 spiro atoms. The van der Waals surface area contributed by atoms with Crippen LogP contribution in [0.2, 0.25) is 0 Å². The molecule has 25 heavy (non-hydrogen) atoms. The van der Waals surface area contributed by atoms with E-state index in [1.807, 2.05) is 24.3 Å². The highest BCUT2D eigenvalue weighted by atomic mass is 32.2. The van der Waals surface area contributed by atoms with Crippen LogP contribution in [0.15, 0.2) is 64.2 Å². The number of hydrogen-bond acceptors (Lipinski definition) is 6. The highest BCUT2D eigenvalue weighted by Gasteiger charge is 2.12. The van der Waals surface area contributed by atoms with Gasteiger partial charge in [0.2, 0.25) is 0 Å². The van der Waals surface area contributed by atoms with Crippen molar-refractivity contribution in [1.82, 2.24) is 9.97 Å². The van der Waals surface area contributed by atoms with E-state index < -0.39 is 9.84 Å². The minimum atomic E-state index is -3.19. The van der Waals surface area contributed by atoms with Gasteiger partial charge in [0.05, 0.1) is 4.90 Å². The molecule has 0 atom stereocenters. The number of aromatic nitrogens is 2. The molecular weight excluding hydrogens is 338 g/mol. The third-order valence-electron chi connectivity index (χ3n) is 3.97. The maximum absolute atomic E-state index is 11.5. The Morgan fingerprint density at radius 2 is 1.80 bits per heavy atom. The number of sulfone groups is 1. The van der Waals surface area contributed by atoms with Gasteiger partial charge in [-0.05, 0) is 29.8 Å². The second kappa shape index (κ2) is 5.86. The van der Waals surface area contributed by atoms with Crippen LogP contribution < -0.4 is 5.32 Å². The lowest BCUT2D eigenvalue weighted by Crippen LogP contribution is -2.03. The van der Waals surface area contributed by atoms with Crippen molar-refractivity contribution in [3.63, 3.8) is 0 Å². The minimum Gasteiger partial charge on any atom is -0.450 e. The van der Waals surface area contributed by atoms with E-state index in [1.54, 1.807) is 24.3 Å². The van der Waals surface area contributed by atoms with Crippen molar-refractivity contribution in [3.8, 4) is 0 Å². The smallest absolute Gasteiger partial charge is 0.196 e. The van der Waals surface area contributed by atoms with Crippen LogP contribution in [-0.2, 0) is 16.4 Å². The van der Waals surface area contributed by atoms with Crippen LogP contribution in [-0.4, -0.2) is 24.6 Å². The number of furan rings is 1. The van der Waals surface area contributed by atoms with Gasteiger partial charge in [0.1, 0.15) is 17.4 Å². The lowest BCUT2D eigenvalue weighted by molar-refractivity contribution is 0.602. The second-order valence-electron chi connectivity index (χ2n) is 5.77. The van der Waals surface area contributed by atoms with Gasteiger partial charge in [-0.15, -0.1) is 0 Å². The Kier molecular flexibility index (Phi) is 3.65. The zero-order valence-corrected chi connectivity index (χ0v) is 14.2. The van der Waals surface area contributed by atoms with E-state index in [4.69, 9.17) is 4.42 Å². The van der Waals surface area contributed by atoms with Gasteiger partial charge >= 0.3 is 0 Å². The van der Waals surface area contributed by atoms with Gasteiger partial charge < -0.3 is 9.73 Å². The molecule has 1 N–H and O–H groups in total. The first-order valence-electron chi connectivity index (χ1n) is 7.67. The van der Waals surface area contributed by atoms with E-state index in [0.29, 0.717) is 22.8 Å². The molecule has 0 fully saturated rings. The molecule has 0 bridgehead atoms. The van der Waals surface area contributed by atoms with E-state index in [0.717, 1.165) is 22.0 Å². The average Bonchev–Trinajstić information content (AvgIpc) is 2.99. The molecule has 0 amide bonds. The van der Waals surface area contributed by atoms with Gasteiger partial charge in [-0.25, -0.2) is 18.4 Å². The second-order valence-corrected chi connectivity index (χ2v) is 7.78. The summed E-state index contributed by atoms with van der Waals surface area (Å²) in [4.78, 5) is 8.88. The highest BCUT2D eigenvalue weighted by molar-refractivity contribution is 7.90. The summed E-state index contributed by atoms with van der Waals surface area (Å²) in [5, 5.41) is 4.17. The molecule has 4 aromatic rings. The summed E-state index contributed by atoms with van der Waals surface area (Å²) in [7, 11) is -3.19. The first kappa shape index (κ1) is 15.6. The average molecular weight is 353 g/mol. The Morgan fingerprint density at radius 1 is 1.04 bits per heavy atom. The van der Waals surface area contributed by atoms with Crippen LogP contribution in [0.25, 0.3) is 22.1 Å². The number of para-hydroxylation sites is 1. The van der Waals surface area contributed by atoms with Crippen molar-refractivity contribution >= 4 is 37.7 Å². The van der Waals surface area contributed by atoms with Crippen LogP contribution >= 0.6 is 0 Å². The standard InChI is InChI=1S/C18H15N3O3S/c1-25(22,23)13-8-6-12(7-9-13)10-19-18-17-16(20-11-21-18)14-4-2-3-5-15(14)24-17/h2-9,11H,10H2,1H3,(H,19,20,21). The third-order valence-corrected chi connectivity index (χ3v) is 5.10. The topological polar surface area (TPSA) is 85.1 Å². The van der Waals surface area contributed by atoms with Crippen LogP contribution in [0, 0.1) is 0 Å². The van der Waals surface area contributed by atoms with Gasteiger partial charge in [-0.2, -0.15) is 0 Å². The Balaban J connectivity index is 1.63. The zero-order chi connectivity index (χ0) is 17.4. The predicted molar refractivity (Wildman–Crippen MR) is 96.2 cm³/mol. The number of hydrogen-bond donors (Lipinski definition) is 1. The predicted octanol–water partition coefficient (Wildman–Crippen LogP) is 3.39. The summed E-state index contributed by atoms with van der Waals surface area (Å²) >= 11 is 0. The largest absolute Gasteiger partial charge is 0.450 e. The maximum Gasteiger partial charge on any atom is 0.196 e. The molecule has 0 saturated carbocycles. The molecule has 0 aliphatic rings. The van der Waals surface area contributed by atoms with Gasteiger partial charge in [-0.3, -0.25) is 0 Å². The fourth-order valence-electron chi connectivity index (χ4n) is 2.69. The molecule has 0 aliphatic heterocycles. The van der Waals surface area contributed by atoms with E-state index in [2.05, 4.69) is 15.3 Å². The van der Waals surface area contributed by atoms with Crippen LogP contribution in [0.4, 0.5) is 5.82 Å². The van der Waals surface area contributed by atoms with Crippen molar-refractivity contribution < 1.29 is 12.8 Å². The summed E-state index contributed by atoms with van der Waals surface area (Å²) in [6.07, 6.45) is 2.69. The first-order valence-corrected chi connectivity index (χ1v) is 9.56. The number of fused-ring (bicyclic) bond motifs is 3. The van der Waals surface area contributed by atoms with E-state index in [-0.39, 0.29) is 0 Å². The van der Waals surface area contributed by atoms with Gasteiger partial charge in [0, 0.05) is 18.2 Å². The summed E-state index contributed by atoms with van der Waals surface area (Å²) in [6, 6.07) is 14.5. The van der Waals surface area contributed by atoms with Gasteiger partial charge in [-0.1, -0.05) is 24.3 Å². The maximum atomic E-state index is 11.5. The highest BCUT2D eigenvalue weighted by Crippen LogP contribution is 2.30. The van der Waals surface area contributed by atoms with Crippen molar-refractivity contribution in [2.75, 3.05) is 11.6 Å². The molecule has 0 saturated heterocycles. The van der Waals surface area contributed by atoms with Crippen molar-refractivity contribution in [2.24, 2.45) is 0 Å². The Labute approximate surface area is 144 Å². The molecule has 0 radical (unpaired) electrons. The van der Waals surface area contributed by atoms with Crippen molar-refractivity contribution in [3.05, 3.63) is 60.4 Å². The quantitative estimate of drug-likeness (QED) is 0.605. The Hall–Kier alpha value is -2.93. The fraction of sp³-hybridized carbons (Fsp3) is 0.111. The van der Waals surface area contributed by atoms with Crippen LogP contribution in [0.5, 0.6) is 0 Å². The molecule has 6 nitrogen and oxygen atoms in total. The van der Waals surface area contributed by atoms with E-state index in [1.165, 1.54) is 12.6 Å². The molecule has 7 heteroatoms. The number of anilines is 1. The SMILES string of the molecule is CS(=O)(=O)c1ccc(CNc2ncnc3c2oc2ccccc23)cc1. The van der Waals surface area contributed by atoms with Crippen LogP contribution in [0.3, 0.4) is 0 Å². The molecule has 0 aliphatic carbocycles. The number of nitrogens with one attached hydrogen (secondary N) is 1. The molecule has 2 aromatic carbocycles. The lowest BCUT2D eigenvalue weighted by atomic mass is 10.2. The van der Waals surface area contributed by atoms with Crippen molar-refractivity contribution in [2.45, 2.75) is 11.4 Å². The molecule has 126 valence electrons. The molecule has 0 unspecified atom stereocenters. The summed E-state index contributed by atoms with van der Waals surface area (Å²) < 4.78 is 28.9. The zero-order valence-electron chi connectivity index (χ0n) is 13.4. The number of benzene rings is 2. The Morgan fingerprint density at radius 3 is 2.56 bits per heavy atom. The Bertz CT molecular complexity index is 1170. The molecule has 4 rings (SSSR count). The number of nitrogens with zero attached hydrogens (tertiary/aromatic N) is 2. The fourth-order valence-corrected chi connectivity index (χ4v) is 3.32. The summed E-state index contributed by atoms with van der Waals surface area (Å²) in [5.74, 6) is 0.605. The molecule has 2 aromatic heterocycles. The van der Waals surface area contributed by atoms with E-state index >= 15 is 0 Å². The monoisotopic (exact) mass is 353 g/mol.